The second-order valence-corrected chi connectivity index (χ2v) is 6.54. The molecule has 0 aromatic carbocycles. The summed E-state index contributed by atoms with van der Waals surface area (Å²) in [4.78, 5) is 23.1. The van der Waals surface area contributed by atoms with Crippen LogP contribution in [0, 0.1) is 0 Å². The van der Waals surface area contributed by atoms with Gasteiger partial charge in [0.2, 0.25) is 0 Å². The molecule has 4 nitrogen and oxygen atoms in total. The van der Waals surface area contributed by atoms with E-state index in [2.05, 4.69) is 0 Å². The van der Waals surface area contributed by atoms with Gasteiger partial charge in [-0.05, 0) is 25.7 Å². The molecule has 0 N–H and O–H groups in total. The average Bonchev–Trinajstić information content (AvgIpc) is 2.54. The van der Waals surface area contributed by atoms with Gasteiger partial charge in [-0.3, -0.25) is 9.59 Å². The van der Waals surface area contributed by atoms with E-state index >= 15 is 0 Å². The second-order valence-electron chi connectivity index (χ2n) is 6.54. The fraction of sp³-hybridized carbons (Fsp3) is 0.895. The van der Waals surface area contributed by atoms with Crippen molar-refractivity contribution in [2.75, 3.05) is 13.2 Å². The maximum absolute atomic E-state index is 11.6. The Balaban J connectivity index is 2.17. The van der Waals surface area contributed by atoms with Crippen LogP contribution in [-0.2, 0) is 19.1 Å². The Morgan fingerprint density at radius 2 is 0.739 bits per heavy atom. The van der Waals surface area contributed by atoms with E-state index in [9.17, 15) is 9.59 Å². The van der Waals surface area contributed by atoms with Crippen LogP contribution >= 0.6 is 0 Å². The smallest absolute Gasteiger partial charge is 0.305 e. The highest BCUT2D eigenvalue weighted by atomic mass is 16.5. The van der Waals surface area contributed by atoms with Crippen LogP contribution in [0.1, 0.15) is 96.3 Å². The van der Waals surface area contributed by atoms with Gasteiger partial charge in [-0.1, -0.05) is 57.8 Å². The lowest BCUT2D eigenvalue weighted by Gasteiger charge is -2.05. The lowest BCUT2D eigenvalue weighted by Crippen LogP contribution is -2.06. The average molecular weight is 326 g/mol. The van der Waals surface area contributed by atoms with Crippen molar-refractivity contribution in [3.63, 3.8) is 0 Å². The largest absolute Gasteiger partial charge is 0.466 e. The van der Waals surface area contributed by atoms with Gasteiger partial charge in [0.05, 0.1) is 13.2 Å². The zero-order valence-electron chi connectivity index (χ0n) is 14.7. The van der Waals surface area contributed by atoms with Crippen LogP contribution in [0.4, 0.5) is 0 Å². The Hall–Kier alpha value is -1.06. The zero-order chi connectivity index (χ0) is 16.6. The minimum atomic E-state index is -0.0560. The number of carbonyl (C=O) groups is 2. The van der Waals surface area contributed by atoms with E-state index < -0.39 is 0 Å². The normalized spacial score (nSPS) is 22.4. The fourth-order valence-electron chi connectivity index (χ4n) is 2.85. The highest BCUT2D eigenvalue weighted by molar-refractivity contribution is 5.69. The molecule has 0 radical (unpaired) electrons. The Bertz CT molecular complexity index is 284. The molecule has 1 fully saturated rings. The summed E-state index contributed by atoms with van der Waals surface area (Å²) in [6.07, 6.45) is 15.2. The maximum atomic E-state index is 11.6. The molecule has 23 heavy (non-hydrogen) atoms. The SMILES string of the molecule is O=C1CCCCCCCC(=O)OCCCCCCCCCCO1. The zero-order valence-corrected chi connectivity index (χ0v) is 14.7. The van der Waals surface area contributed by atoms with Crippen LogP contribution in [0.3, 0.4) is 0 Å². The van der Waals surface area contributed by atoms with Crippen molar-refractivity contribution in [1.29, 1.82) is 0 Å². The van der Waals surface area contributed by atoms with Gasteiger partial charge in [0.15, 0.2) is 0 Å². The molecule has 1 saturated heterocycles. The summed E-state index contributed by atoms with van der Waals surface area (Å²) in [6.45, 7) is 1.16. The van der Waals surface area contributed by atoms with Crippen molar-refractivity contribution < 1.29 is 19.1 Å². The minimum absolute atomic E-state index is 0.0560. The highest BCUT2D eigenvalue weighted by Gasteiger charge is 2.05. The van der Waals surface area contributed by atoms with Crippen molar-refractivity contribution in [2.24, 2.45) is 0 Å². The number of hydrogen-bond donors (Lipinski definition) is 0. The topological polar surface area (TPSA) is 52.6 Å². The molecule has 0 aromatic heterocycles. The first kappa shape index (κ1) is 20.0. The molecule has 1 aliphatic heterocycles. The predicted molar refractivity (Wildman–Crippen MR) is 91.2 cm³/mol. The molecule has 1 heterocycles. The fourth-order valence-corrected chi connectivity index (χ4v) is 2.85. The summed E-state index contributed by atoms with van der Waals surface area (Å²) in [6, 6.07) is 0. The third-order valence-electron chi connectivity index (χ3n) is 4.33. The first-order chi connectivity index (χ1) is 11.3. The van der Waals surface area contributed by atoms with Gasteiger partial charge in [0, 0.05) is 12.8 Å². The molecular formula is C19H34O4. The number of rotatable bonds is 0. The summed E-state index contributed by atoms with van der Waals surface area (Å²) in [5, 5.41) is 0. The number of cyclic esters (lactones) is 2. The van der Waals surface area contributed by atoms with E-state index in [-0.39, 0.29) is 11.9 Å². The van der Waals surface area contributed by atoms with Crippen LogP contribution in [0.25, 0.3) is 0 Å². The molecule has 0 aromatic rings. The second kappa shape index (κ2) is 14.5. The summed E-state index contributed by atoms with van der Waals surface area (Å²) in [5.41, 5.74) is 0. The first-order valence-electron chi connectivity index (χ1n) is 9.60. The molecule has 1 aliphatic rings. The van der Waals surface area contributed by atoms with E-state index in [0.717, 1.165) is 57.8 Å². The van der Waals surface area contributed by atoms with Crippen LogP contribution < -0.4 is 0 Å². The molecule has 4 heteroatoms. The quantitative estimate of drug-likeness (QED) is 0.592. The molecule has 1 rings (SSSR count). The monoisotopic (exact) mass is 326 g/mol. The number of carbonyl (C=O) groups excluding carboxylic acids is 2. The van der Waals surface area contributed by atoms with Gasteiger partial charge in [-0.15, -0.1) is 0 Å². The summed E-state index contributed by atoms with van der Waals surface area (Å²) >= 11 is 0. The van der Waals surface area contributed by atoms with Gasteiger partial charge >= 0.3 is 11.9 Å². The van der Waals surface area contributed by atoms with E-state index in [1.165, 1.54) is 25.7 Å². The molecule has 0 spiro atoms. The first-order valence-corrected chi connectivity index (χ1v) is 9.60. The third kappa shape index (κ3) is 13.1. The number of ether oxygens (including phenoxy) is 2. The molecule has 0 saturated carbocycles. The molecule has 0 bridgehead atoms. The Labute approximate surface area is 141 Å². The van der Waals surface area contributed by atoms with Crippen molar-refractivity contribution in [3.8, 4) is 0 Å². The van der Waals surface area contributed by atoms with Crippen LogP contribution in [0.2, 0.25) is 0 Å². The van der Waals surface area contributed by atoms with E-state index in [0.29, 0.717) is 26.1 Å². The van der Waals surface area contributed by atoms with Crippen LogP contribution in [-0.4, -0.2) is 25.2 Å². The Morgan fingerprint density at radius 3 is 1.13 bits per heavy atom. The molecule has 134 valence electrons. The highest BCUT2D eigenvalue weighted by Crippen LogP contribution is 2.11. The van der Waals surface area contributed by atoms with Crippen LogP contribution in [0.15, 0.2) is 0 Å². The molecule has 0 atom stereocenters. The van der Waals surface area contributed by atoms with Gasteiger partial charge in [-0.25, -0.2) is 0 Å². The van der Waals surface area contributed by atoms with E-state index in [1.807, 2.05) is 0 Å². The standard InChI is InChI=1S/C19H34O4/c20-18-14-10-6-5-7-11-15-19(21)23-17-13-9-4-2-1-3-8-12-16-22-18/h1-17H2. The Kier molecular flexibility index (Phi) is 12.6. The summed E-state index contributed by atoms with van der Waals surface area (Å²) in [7, 11) is 0. The van der Waals surface area contributed by atoms with E-state index in [4.69, 9.17) is 9.47 Å². The third-order valence-corrected chi connectivity index (χ3v) is 4.33. The van der Waals surface area contributed by atoms with Crippen molar-refractivity contribution in [2.45, 2.75) is 96.3 Å². The molecule has 0 amide bonds. The van der Waals surface area contributed by atoms with Gasteiger partial charge < -0.3 is 9.47 Å². The molecule has 0 aliphatic carbocycles. The van der Waals surface area contributed by atoms with Gasteiger partial charge in [0.25, 0.3) is 0 Å². The number of esters is 2. The molecular weight excluding hydrogens is 292 g/mol. The predicted octanol–water partition coefficient (Wildman–Crippen LogP) is 4.94. The summed E-state index contributed by atoms with van der Waals surface area (Å²) in [5.74, 6) is -0.112. The Morgan fingerprint density at radius 1 is 0.435 bits per heavy atom. The van der Waals surface area contributed by atoms with Crippen molar-refractivity contribution in [1.82, 2.24) is 0 Å². The van der Waals surface area contributed by atoms with Gasteiger partial charge in [0.1, 0.15) is 0 Å². The maximum Gasteiger partial charge on any atom is 0.305 e. The van der Waals surface area contributed by atoms with E-state index in [1.54, 1.807) is 0 Å². The van der Waals surface area contributed by atoms with Crippen molar-refractivity contribution in [3.05, 3.63) is 0 Å². The summed E-state index contributed by atoms with van der Waals surface area (Å²) < 4.78 is 10.5. The minimum Gasteiger partial charge on any atom is -0.466 e. The van der Waals surface area contributed by atoms with Crippen LogP contribution in [0.5, 0.6) is 0 Å². The number of hydrogen-bond acceptors (Lipinski definition) is 4. The molecule has 0 unspecified atom stereocenters. The van der Waals surface area contributed by atoms with Gasteiger partial charge in [-0.2, -0.15) is 0 Å². The lowest BCUT2D eigenvalue weighted by atomic mass is 10.1. The lowest BCUT2D eigenvalue weighted by molar-refractivity contribution is -0.144. The van der Waals surface area contributed by atoms with Crippen molar-refractivity contribution >= 4 is 11.9 Å².